The molecule has 2 aromatic carbocycles. The van der Waals surface area contributed by atoms with Crippen molar-refractivity contribution in [1.29, 1.82) is 0 Å². The van der Waals surface area contributed by atoms with Gasteiger partial charge >= 0.3 is 0 Å². The number of rotatable bonds is 7. The van der Waals surface area contributed by atoms with Crippen LogP contribution >= 0.6 is 15.9 Å². The maximum atomic E-state index is 5.75. The minimum atomic E-state index is 0.565. The molecule has 2 N–H and O–H groups in total. The van der Waals surface area contributed by atoms with Crippen molar-refractivity contribution in [3.8, 4) is 5.75 Å². The van der Waals surface area contributed by atoms with Crippen LogP contribution in [-0.2, 0) is 13.1 Å². The summed E-state index contributed by atoms with van der Waals surface area (Å²) in [5, 5.41) is 0. The summed E-state index contributed by atoms with van der Waals surface area (Å²) in [6.07, 6.45) is 0. The van der Waals surface area contributed by atoms with E-state index in [0.29, 0.717) is 13.2 Å². The molecule has 2 rings (SSSR count). The number of nitrogens with zero attached hydrogens (tertiary/aromatic N) is 1. The second-order valence-corrected chi connectivity index (χ2v) is 5.98. The Bertz CT molecular complexity index is 557. The Balaban J connectivity index is 1.74. The van der Waals surface area contributed by atoms with Crippen LogP contribution in [0.3, 0.4) is 0 Å². The van der Waals surface area contributed by atoms with E-state index < -0.39 is 0 Å². The molecule has 0 fully saturated rings. The molecule has 0 aromatic heterocycles. The predicted molar refractivity (Wildman–Crippen MR) is 90.3 cm³/mol. The summed E-state index contributed by atoms with van der Waals surface area (Å²) in [5.41, 5.74) is 7.98. The average molecular weight is 349 g/mol. The first kappa shape index (κ1) is 16.0. The van der Waals surface area contributed by atoms with Gasteiger partial charge < -0.3 is 10.5 Å². The van der Waals surface area contributed by atoms with E-state index in [1.54, 1.807) is 0 Å². The molecule has 112 valence electrons. The Morgan fingerprint density at radius 2 is 1.86 bits per heavy atom. The zero-order valence-corrected chi connectivity index (χ0v) is 13.8. The van der Waals surface area contributed by atoms with Crippen LogP contribution in [0.2, 0.25) is 0 Å². The molecule has 0 heterocycles. The van der Waals surface area contributed by atoms with Crippen LogP contribution < -0.4 is 10.5 Å². The Morgan fingerprint density at radius 1 is 1.10 bits per heavy atom. The molecule has 0 spiro atoms. The van der Waals surface area contributed by atoms with Crippen LogP contribution in [0, 0.1) is 0 Å². The van der Waals surface area contributed by atoms with Crippen LogP contribution in [0.1, 0.15) is 11.1 Å². The molecule has 0 bridgehead atoms. The Hall–Kier alpha value is -1.36. The third kappa shape index (κ3) is 5.50. The Kier molecular flexibility index (Phi) is 6.23. The molecule has 4 heteroatoms. The number of likely N-dealkylation sites (N-methyl/N-ethyl adjacent to an activating group) is 1. The van der Waals surface area contributed by atoms with Gasteiger partial charge in [-0.3, -0.25) is 4.90 Å². The van der Waals surface area contributed by atoms with E-state index in [1.165, 1.54) is 5.56 Å². The fourth-order valence-electron chi connectivity index (χ4n) is 2.07. The fourth-order valence-corrected chi connectivity index (χ4v) is 2.51. The summed E-state index contributed by atoms with van der Waals surface area (Å²) in [6.45, 7) is 3.03. The highest BCUT2D eigenvalue weighted by atomic mass is 79.9. The average Bonchev–Trinajstić information content (AvgIpc) is 2.48. The summed E-state index contributed by atoms with van der Waals surface area (Å²) >= 11 is 3.49. The predicted octanol–water partition coefficient (Wildman–Crippen LogP) is 3.42. The van der Waals surface area contributed by atoms with Crippen LogP contribution in [0.5, 0.6) is 5.75 Å². The molecule has 0 amide bonds. The van der Waals surface area contributed by atoms with E-state index in [1.807, 2.05) is 30.3 Å². The number of hydrogen-bond donors (Lipinski definition) is 1. The summed E-state index contributed by atoms with van der Waals surface area (Å²) in [5.74, 6) is 0.892. The topological polar surface area (TPSA) is 38.5 Å². The highest BCUT2D eigenvalue weighted by Gasteiger charge is 2.02. The van der Waals surface area contributed by atoms with Gasteiger partial charge in [0.05, 0.1) is 0 Å². The number of ether oxygens (including phenoxy) is 1. The summed E-state index contributed by atoms with van der Waals surface area (Å²) in [6, 6.07) is 16.3. The zero-order chi connectivity index (χ0) is 15.1. The second kappa shape index (κ2) is 8.17. The smallest absolute Gasteiger partial charge is 0.119 e. The zero-order valence-electron chi connectivity index (χ0n) is 12.3. The van der Waals surface area contributed by atoms with E-state index in [4.69, 9.17) is 10.5 Å². The summed E-state index contributed by atoms with van der Waals surface area (Å²) < 4.78 is 6.86. The van der Waals surface area contributed by atoms with Gasteiger partial charge in [0, 0.05) is 24.1 Å². The molecule has 0 aliphatic carbocycles. The Labute approximate surface area is 134 Å². The lowest BCUT2D eigenvalue weighted by Crippen LogP contribution is -2.23. The van der Waals surface area contributed by atoms with E-state index in [2.05, 4.69) is 46.1 Å². The van der Waals surface area contributed by atoms with Crippen molar-refractivity contribution in [3.05, 3.63) is 64.1 Å². The van der Waals surface area contributed by atoms with Crippen LogP contribution in [-0.4, -0.2) is 25.1 Å². The van der Waals surface area contributed by atoms with Crippen molar-refractivity contribution in [2.24, 2.45) is 5.73 Å². The van der Waals surface area contributed by atoms with Crippen molar-refractivity contribution in [2.75, 3.05) is 20.2 Å². The minimum Gasteiger partial charge on any atom is -0.492 e. The van der Waals surface area contributed by atoms with Crippen molar-refractivity contribution in [3.63, 3.8) is 0 Å². The molecular weight excluding hydrogens is 328 g/mol. The quantitative estimate of drug-likeness (QED) is 0.833. The van der Waals surface area contributed by atoms with E-state index in [0.717, 1.165) is 28.9 Å². The summed E-state index contributed by atoms with van der Waals surface area (Å²) in [7, 11) is 2.10. The highest BCUT2D eigenvalue weighted by Crippen LogP contribution is 2.14. The monoisotopic (exact) mass is 348 g/mol. The van der Waals surface area contributed by atoms with Crippen molar-refractivity contribution in [2.45, 2.75) is 13.1 Å². The first-order chi connectivity index (χ1) is 10.2. The SMILES string of the molecule is CN(CCOc1ccc(CN)cc1)Cc1cccc(Br)c1. The normalized spacial score (nSPS) is 10.9. The lowest BCUT2D eigenvalue weighted by Gasteiger charge is -2.17. The van der Waals surface area contributed by atoms with Gasteiger partial charge in [0.15, 0.2) is 0 Å². The van der Waals surface area contributed by atoms with Gasteiger partial charge in [0.1, 0.15) is 12.4 Å². The van der Waals surface area contributed by atoms with Gasteiger partial charge in [0.2, 0.25) is 0 Å². The standard InChI is InChI=1S/C17H21BrN2O/c1-20(13-15-3-2-4-16(18)11-15)9-10-21-17-7-5-14(12-19)6-8-17/h2-8,11H,9-10,12-13,19H2,1H3. The van der Waals surface area contributed by atoms with E-state index >= 15 is 0 Å². The highest BCUT2D eigenvalue weighted by molar-refractivity contribution is 9.10. The molecule has 0 saturated carbocycles. The first-order valence-electron chi connectivity index (χ1n) is 7.02. The second-order valence-electron chi connectivity index (χ2n) is 5.06. The lowest BCUT2D eigenvalue weighted by molar-refractivity contribution is 0.233. The molecule has 0 aliphatic rings. The van der Waals surface area contributed by atoms with Crippen molar-refractivity contribution in [1.82, 2.24) is 4.90 Å². The lowest BCUT2D eigenvalue weighted by atomic mass is 10.2. The van der Waals surface area contributed by atoms with Gasteiger partial charge in [-0.1, -0.05) is 40.2 Å². The van der Waals surface area contributed by atoms with Gasteiger partial charge in [-0.25, -0.2) is 0 Å². The Morgan fingerprint density at radius 3 is 2.52 bits per heavy atom. The minimum absolute atomic E-state index is 0.565. The van der Waals surface area contributed by atoms with Crippen molar-refractivity contribution < 1.29 is 4.74 Å². The van der Waals surface area contributed by atoms with Gasteiger partial charge in [0.25, 0.3) is 0 Å². The largest absolute Gasteiger partial charge is 0.492 e. The van der Waals surface area contributed by atoms with Gasteiger partial charge in [-0.15, -0.1) is 0 Å². The molecular formula is C17H21BrN2O. The van der Waals surface area contributed by atoms with Crippen molar-refractivity contribution >= 4 is 15.9 Å². The molecule has 0 unspecified atom stereocenters. The van der Waals surface area contributed by atoms with Crippen LogP contribution in [0.15, 0.2) is 53.0 Å². The maximum absolute atomic E-state index is 5.75. The number of nitrogens with two attached hydrogens (primary N) is 1. The molecule has 0 aliphatic heterocycles. The van der Waals surface area contributed by atoms with Crippen LogP contribution in [0.25, 0.3) is 0 Å². The third-order valence-corrected chi connectivity index (χ3v) is 3.74. The first-order valence-corrected chi connectivity index (χ1v) is 7.81. The van der Waals surface area contributed by atoms with Gasteiger partial charge in [-0.05, 0) is 42.4 Å². The number of hydrogen-bond acceptors (Lipinski definition) is 3. The number of halogens is 1. The molecule has 2 aromatic rings. The molecule has 21 heavy (non-hydrogen) atoms. The molecule has 0 atom stereocenters. The molecule has 0 radical (unpaired) electrons. The molecule has 0 saturated heterocycles. The van der Waals surface area contributed by atoms with E-state index in [9.17, 15) is 0 Å². The van der Waals surface area contributed by atoms with E-state index in [-0.39, 0.29) is 0 Å². The third-order valence-electron chi connectivity index (χ3n) is 3.24. The van der Waals surface area contributed by atoms with Crippen LogP contribution in [0.4, 0.5) is 0 Å². The maximum Gasteiger partial charge on any atom is 0.119 e. The fraction of sp³-hybridized carbons (Fsp3) is 0.294. The number of benzene rings is 2. The molecule has 3 nitrogen and oxygen atoms in total. The summed E-state index contributed by atoms with van der Waals surface area (Å²) in [4.78, 5) is 2.25. The van der Waals surface area contributed by atoms with Gasteiger partial charge in [-0.2, -0.15) is 0 Å².